The average Bonchev–Trinajstić information content (AvgIpc) is 2.40. The summed E-state index contributed by atoms with van der Waals surface area (Å²) >= 11 is 0. The van der Waals surface area contributed by atoms with Crippen LogP contribution in [0.4, 0.5) is 4.39 Å². The van der Waals surface area contributed by atoms with Crippen molar-refractivity contribution in [3.05, 3.63) is 29.6 Å². The maximum absolute atomic E-state index is 13.1. The second kappa shape index (κ2) is 8.61. The van der Waals surface area contributed by atoms with Crippen LogP contribution in [0.5, 0.6) is 5.75 Å². The number of hydrogen-bond donors (Lipinski definition) is 1. The normalized spacial score (nSPS) is 12.2. The monoisotopic (exact) mass is 270 g/mol. The molecular formula is C14H19FO4. The fraction of sp³-hybridized carbons (Fsp3) is 0.500. The predicted molar refractivity (Wildman–Crippen MR) is 69.0 cm³/mol. The third-order valence-corrected chi connectivity index (χ3v) is 2.42. The first-order valence-corrected chi connectivity index (χ1v) is 6.30. The van der Waals surface area contributed by atoms with Gasteiger partial charge in [0.15, 0.2) is 0 Å². The molecule has 0 aromatic heterocycles. The third kappa shape index (κ3) is 6.31. The molecule has 0 aliphatic carbocycles. The summed E-state index contributed by atoms with van der Waals surface area (Å²) in [5.41, 5.74) is 0.198. The Hall–Kier alpha value is -1.46. The van der Waals surface area contributed by atoms with Gasteiger partial charge in [-0.05, 0) is 18.6 Å². The van der Waals surface area contributed by atoms with Gasteiger partial charge in [0.2, 0.25) is 0 Å². The van der Waals surface area contributed by atoms with Crippen molar-refractivity contribution in [3.8, 4) is 5.75 Å². The van der Waals surface area contributed by atoms with Gasteiger partial charge in [-0.2, -0.15) is 0 Å². The predicted octanol–water partition coefficient (Wildman–Crippen LogP) is 2.19. The van der Waals surface area contributed by atoms with Crippen LogP contribution in [0.3, 0.4) is 0 Å². The van der Waals surface area contributed by atoms with Crippen molar-refractivity contribution in [2.24, 2.45) is 0 Å². The van der Waals surface area contributed by atoms with Crippen molar-refractivity contribution < 1.29 is 23.8 Å². The molecule has 0 radical (unpaired) electrons. The SMILES string of the molecule is CCCCOCC(O)COc1cc(F)cc(C=O)c1. The van der Waals surface area contributed by atoms with E-state index in [-0.39, 0.29) is 24.5 Å². The van der Waals surface area contributed by atoms with E-state index in [0.29, 0.717) is 12.9 Å². The maximum Gasteiger partial charge on any atom is 0.150 e. The maximum atomic E-state index is 13.1. The molecule has 1 aromatic rings. The molecule has 1 unspecified atom stereocenters. The van der Waals surface area contributed by atoms with E-state index in [1.54, 1.807) is 0 Å². The van der Waals surface area contributed by atoms with Crippen molar-refractivity contribution >= 4 is 6.29 Å². The van der Waals surface area contributed by atoms with Gasteiger partial charge in [0.05, 0.1) is 6.61 Å². The van der Waals surface area contributed by atoms with Crippen LogP contribution >= 0.6 is 0 Å². The van der Waals surface area contributed by atoms with Crippen LogP contribution in [0.15, 0.2) is 18.2 Å². The van der Waals surface area contributed by atoms with Gasteiger partial charge >= 0.3 is 0 Å². The molecule has 1 atom stereocenters. The Morgan fingerprint density at radius 1 is 1.37 bits per heavy atom. The number of carbonyl (C=O) groups excluding carboxylic acids is 1. The van der Waals surface area contributed by atoms with Crippen molar-refractivity contribution in [1.82, 2.24) is 0 Å². The van der Waals surface area contributed by atoms with Gasteiger partial charge < -0.3 is 14.6 Å². The van der Waals surface area contributed by atoms with E-state index in [4.69, 9.17) is 9.47 Å². The lowest BCUT2D eigenvalue weighted by Crippen LogP contribution is -2.23. The number of aldehydes is 1. The second-order valence-corrected chi connectivity index (χ2v) is 4.23. The highest BCUT2D eigenvalue weighted by molar-refractivity contribution is 5.75. The van der Waals surface area contributed by atoms with Crippen LogP contribution in [-0.4, -0.2) is 37.3 Å². The van der Waals surface area contributed by atoms with Gasteiger partial charge in [0.25, 0.3) is 0 Å². The first kappa shape index (κ1) is 15.6. The molecule has 106 valence electrons. The number of aliphatic hydroxyl groups excluding tert-OH is 1. The fourth-order valence-electron chi connectivity index (χ4n) is 1.44. The van der Waals surface area contributed by atoms with Crippen LogP contribution in [-0.2, 0) is 4.74 Å². The van der Waals surface area contributed by atoms with Crippen molar-refractivity contribution in [2.75, 3.05) is 19.8 Å². The summed E-state index contributed by atoms with van der Waals surface area (Å²) in [5.74, 6) is -0.331. The van der Waals surface area contributed by atoms with Gasteiger partial charge in [0, 0.05) is 18.2 Å². The number of ether oxygens (including phenoxy) is 2. The van der Waals surface area contributed by atoms with Gasteiger partial charge in [-0.25, -0.2) is 4.39 Å². The number of carbonyl (C=O) groups is 1. The quantitative estimate of drug-likeness (QED) is 0.552. The lowest BCUT2D eigenvalue weighted by atomic mass is 10.2. The molecule has 1 rings (SSSR count). The molecule has 0 aliphatic rings. The zero-order valence-electron chi connectivity index (χ0n) is 11.0. The molecule has 0 bridgehead atoms. The van der Waals surface area contributed by atoms with E-state index in [1.165, 1.54) is 6.07 Å². The molecule has 0 heterocycles. The molecule has 0 spiro atoms. The average molecular weight is 270 g/mol. The van der Waals surface area contributed by atoms with Gasteiger partial charge in [-0.1, -0.05) is 13.3 Å². The molecule has 0 aliphatic heterocycles. The molecule has 0 saturated heterocycles. The highest BCUT2D eigenvalue weighted by Gasteiger charge is 2.07. The lowest BCUT2D eigenvalue weighted by Gasteiger charge is -2.13. The highest BCUT2D eigenvalue weighted by atomic mass is 19.1. The van der Waals surface area contributed by atoms with E-state index < -0.39 is 11.9 Å². The summed E-state index contributed by atoms with van der Waals surface area (Å²) in [5, 5.41) is 9.59. The minimum Gasteiger partial charge on any atom is -0.491 e. The van der Waals surface area contributed by atoms with Gasteiger partial charge in [0.1, 0.15) is 30.6 Å². The Morgan fingerprint density at radius 3 is 2.84 bits per heavy atom. The molecule has 19 heavy (non-hydrogen) atoms. The molecule has 5 heteroatoms. The minimum absolute atomic E-state index is 0.00608. The first-order chi connectivity index (χ1) is 9.15. The Morgan fingerprint density at radius 2 is 2.16 bits per heavy atom. The standard InChI is InChI=1S/C14H19FO4/c1-2-3-4-18-9-13(17)10-19-14-6-11(8-16)5-12(15)7-14/h5-8,13,17H,2-4,9-10H2,1H3. The van der Waals surface area contributed by atoms with Gasteiger partial charge in [-0.3, -0.25) is 4.79 Å². The van der Waals surface area contributed by atoms with E-state index in [1.807, 2.05) is 0 Å². The summed E-state index contributed by atoms with van der Waals surface area (Å²) in [4.78, 5) is 10.6. The summed E-state index contributed by atoms with van der Waals surface area (Å²) in [6, 6.07) is 3.70. The Labute approximate surface area is 112 Å². The fourth-order valence-corrected chi connectivity index (χ4v) is 1.44. The topological polar surface area (TPSA) is 55.8 Å². The lowest BCUT2D eigenvalue weighted by molar-refractivity contribution is 0.0112. The second-order valence-electron chi connectivity index (χ2n) is 4.23. The van der Waals surface area contributed by atoms with E-state index >= 15 is 0 Å². The van der Waals surface area contributed by atoms with E-state index in [9.17, 15) is 14.3 Å². The molecule has 4 nitrogen and oxygen atoms in total. The molecule has 1 aromatic carbocycles. The summed E-state index contributed by atoms with van der Waals surface area (Å²) in [7, 11) is 0. The number of unbranched alkanes of at least 4 members (excludes halogenated alkanes) is 1. The molecule has 0 fully saturated rings. The Kier molecular flexibility index (Phi) is 7.07. The Bertz CT molecular complexity index is 395. The van der Waals surface area contributed by atoms with Crippen LogP contribution < -0.4 is 4.74 Å². The van der Waals surface area contributed by atoms with Crippen LogP contribution in [0, 0.1) is 5.82 Å². The first-order valence-electron chi connectivity index (χ1n) is 6.30. The summed E-state index contributed by atoms with van der Waals surface area (Å²) < 4.78 is 23.6. The summed E-state index contributed by atoms with van der Waals surface area (Å²) in [6.07, 6.45) is 1.74. The van der Waals surface area contributed by atoms with Gasteiger partial charge in [-0.15, -0.1) is 0 Å². The zero-order valence-corrected chi connectivity index (χ0v) is 11.0. The van der Waals surface area contributed by atoms with Crippen LogP contribution in [0.1, 0.15) is 30.1 Å². The summed E-state index contributed by atoms with van der Waals surface area (Å²) in [6.45, 7) is 2.82. The number of hydrogen-bond acceptors (Lipinski definition) is 4. The largest absolute Gasteiger partial charge is 0.491 e. The van der Waals surface area contributed by atoms with Crippen LogP contribution in [0.25, 0.3) is 0 Å². The zero-order chi connectivity index (χ0) is 14.1. The molecular weight excluding hydrogens is 251 g/mol. The number of aliphatic hydroxyl groups is 1. The highest BCUT2D eigenvalue weighted by Crippen LogP contribution is 2.15. The molecule has 1 N–H and O–H groups in total. The Balaban J connectivity index is 2.35. The van der Waals surface area contributed by atoms with Crippen molar-refractivity contribution in [1.29, 1.82) is 0 Å². The number of halogens is 1. The van der Waals surface area contributed by atoms with Crippen molar-refractivity contribution in [2.45, 2.75) is 25.9 Å². The minimum atomic E-state index is -0.778. The number of benzene rings is 1. The van der Waals surface area contributed by atoms with Crippen molar-refractivity contribution in [3.63, 3.8) is 0 Å². The molecule has 0 saturated carbocycles. The van der Waals surface area contributed by atoms with E-state index in [2.05, 4.69) is 6.92 Å². The third-order valence-electron chi connectivity index (χ3n) is 2.42. The smallest absolute Gasteiger partial charge is 0.150 e. The molecule has 0 amide bonds. The number of rotatable bonds is 9. The van der Waals surface area contributed by atoms with Crippen LogP contribution in [0.2, 0.25) is 0 Å². The van der Waals surface area contributed by atoms with E-state index in [0.717, 1.165) is 25.0 Å².